The number of anilines is 1. The molecule has 4 N–H and O–H groups in total. The van der Waals surface area contributed by atoms with E-state index in [1.165, 1.54) is 6.20 Å². The van der Waals surface area contributed by atoms with Crippen molar-refractivity contribution < 1.29 is 4.79 Å². The van der Waals surface area contributed by atoms with Gasteiger partial charge in [0.2, 0.25) is 0 Å². The van der Waals surface area contributed by atoms with Gasteiger partial charge in [0.05, 0.1) is 11.6 Å². The number of amides is 1. The van der Waals surface area contributed by atoms with Crippen molar-refractivity contribution in [2.75, 3.05) is 30.8 Å². The Morgan fingerprint density at radius 3 is 3.00 bits per heavy atom. The van der Waals surface area contributed by atoms with Gasteiger partial charge >= 0.3 is 0 Å². The summed E-state index contributed by atoms with van der Waals surface area (Å²) in [7, 11) is 2.03. The van der Waals surface area contributed by atoms with Crippen LogP contribution in [0, 0.1) is 0 Å². The predicted octanol–water partition coefficient (Wildman–Crippen LogP) is -0.123. The minimum atomic E-state index is -0.597. The number of nitrogen functional groups attached to an aromatic ring is 1. The van der Waals surface area contributed by atoms with E-state index in [1.54, 1.807) is 0 Å². The highest BCUT2D eigenvalue weighted by molar-refractivity contribution is 7.99. The van der Waals surface area contributed by atoms with Crippen molar-refractivity contribution in [3.8, 4) is 0 Å². The molecule has 1 saturated heterocycles. The van der Waals surface area contributed by atoms with Crippen molar-refractivity contribution in [3.63, 3.8) is 0 Å². The molecule has 0 aliphatic carbocycles. The largest absolute Gasteiger partial charge is 0.383 e. The maximum atomic E-state index is 11.0. The van der Waals surface area contributed by atoms with Crippen LogP contribution in [0.1, 0.15) is 22.2 Å². The summed E-state index contributed by atoms with van der Waals surface area (Å²) in [6.07, 6.45) is 1.41. The summed E-state index contributed by atoms with van der Waals surface area (Å²) >= 11 is 1.86. The average molecular weight is 253 g/mol. The van der Waals surface area contributed by atoms with Gasteiger partial charge in [-0.05, 0) is 7.05 Å². The molecule has 1 aliphatic heterocycles. The second-order valence-electron chi connectivity index (χ2n) is 3.96. The van der Waals surface area contributed by atoms with Crippen molar-refractivity contribution in [1.29, 1.82) is 0 Å². The van der Waals surface area contributed by atoms with Crippen LogP contribution in [-0.2, 0) is 0 Å². The van der Waals surface area contributed by atoms with E-state index >= 15 is 0 Å². The SMILES string of the molecule is CN1CCSCC1c1ncc(C(N)=O)c(N)n1. The van der Waals surface area contributed by atoms with E-state index in [9.17, 15) is 4.79 Å². The molecule has 1 amide bonds. The molecule has 7 heteroatoms. The summed E-state index contributed by atoms with van der Waals surface area (Å²) < 4.78 is 0. The van der Waals surface area contributed by atoms with Gasteiger partial charge in [-0.3, -0.25) is 9.69 Å². The highest BCUT2D eigenvalue weighted by atomic mass is 32.2. The first kappa shape index (κ1) is 12.1. The maximum absolute atomic E-state index is 11.0. The zero-order valence-corrected chi connectivity index (χ0v) is 10.4. The van der Waals surface area contributed by atoms with Gasteiger partial charge < -0.3 is 11.5 Å². The number of nitrogens with two attached hydrogens (primary N) is 2. The molecule has 2 heterocycles. The van der Waals surface area contributed by atoms with Crippen molar-refractivity contribution in [1.82, 2.24) is 14.9 Å². The van der Waals surface area contributed by atoms with Crippen molar-refractivity contribution >= 4 is 23.5 Å². The number of hydrogen-bond acceptors (Lipinski definition) is 6. The molecule has 0 radical (unpaired) electrons. The topological polar surface area (TPSA) is 98.1 Å². The van der Waals surface area contributed by atoms with Crippen LogP contribution in [0.15, 0.2) is 6.20 Å². The third kappa shape index (κ3) is 2.50. The summed E-state index contributed by atoms with van der Waals surface area (Å²) in [6, 6.07) is 0.151. The molecular weight excluding hydrogens is 238 g/mol. The lowest BCUT2D eigenvalue weighted by Gasteiger charge is -2.30. The van der Waals surface area contributed by atoms with E-state index in [-0.39, 0.29) is 17.4 Å². The highest BCUT2D eigenvalue weighted by Gasteiger charge is 2.24. The van der Waals surface area contributed by atoms with E-state index in [4.69, 9.17) is 11.5 Å². The van der Waals surface area contributed by atoms with Gasteiger partial charge in [-0.25, -0.2) is 9.97 Å². The summed E-state index contributed by atoms with van der Waals surface area (Å²) in [6.45, 7) is 0.996. The Balaban J connectivity index is 2.27. The monoisotopic (exact) mass is 253 g/mol. The second-order valence-corrected chi connectivity index (χ2v) is 5.11. The first-order chi connectivity index (χ1) is 8.09. The molecule has 6 nitrogen and oxygen atoms in total. The number of aromatic nitrogens is 2. The Morgan fingerprint density at radius 2 is 2.41 bits per heavy atom. The molecule has 2 rings (SSSR count). The highest BCUT2D eigenvalue weighted by Crippen LogP contribution is 2.26. The molecule has 0 bridgehead atoms. The lowest BCUT2D eigenvalue weighted by atomic mass is 10.2. The molecule has 1 atom stereocenters. The lowest BCUT2D eigenvalue weighted by molar-refractivity contribution is 0.100. The lowest BCUT2D eigenvalue weighted by Crippen LogP contribution is -2.34. The van der Waals surface area contributed by atoms with Crippen LogP contribution in [-0.4, -0.2) is 45.9 Å². The van der Waals surface area contributed by atoms with Gasteiger partial charge in [-0.15, -0.1) is 0 Å². The van der Waals surface area contributed by atoms with E-state index in [2.05, 4.69) is 14.9 Å². The van der Waals surface area contributed by atoms with E-state index in [0.29, 0.717) is 5.82 Å². The van der Waals surface area contributed by atoms with Crippen molar-refractivity contribution in [2.24, 2.45) is 5.73 Å². The van der Waals surface area contributed by atoms with Crippen molar-refractivity contribution in [3.05, 3.63) is 17.6 Å². The fourth-order valence-electron chi connectivity index (χ4n) is 1.72. The molecule has 92 valence electrons. The Morgan fingerprint density at radius 1 is 1.65 bits per heavy atom. The van der Waals surface area contributed by atoms with Crippen LogP contribution in [0.25, 0.3) is 0 Å². The molecule has 0 aromatic carbocycles. The smallest absolute Gasteiger partial charge is 0.254 e. The Hall–Kier alpha value is -1.34. The number of nitrogens with zero attached hydrogens (tertiary/aromatic N) is 3. The molecular formula is C10H15N5OS. The number of rotatable bonds is 2. The molecule has 1 aliphatic rings. The van der Waals surface area contributed by atoms with Gasteiger partial charge in [-0.1, -0.05) is 0 Å². The quantitative estimate of drug-likeness (QED) is 0.762. The van der Waals surface area contributed by atoms with E-state index in [0.717, 1.165) is 18.1 Å². The van der Waals surface area contributed by atoms with Crippen LogP contribution >= 0.6 is 11.8 Å². The third-order valence-electron chi connectivity index (χ3n) is 2.80. The van der Waals surface area contributed by atoms with Crippen molar-refractivity contribution in [2.45, 2.75) is 6.04 Å². The van der Waals surface area contributed by atoms with Crippen LogP contribution in [0.5, 0.6) is 0 Å². The molecule has 1 aromatic rings. The van der Waals surface area contributed by atoms with Gasteiger partial charge in [0.15, 0.2) is 0 Å². The minimum Gasteiger partial charge on any atom is -0.383 e. The van der Waals surface area contributed by atoms with Crippen LogP contribution in [0.2, 0.25) is 0 Å². The summed E-state index contributed by atoms with van der Waals surface area (Å²) in [5.74, 6) is 2.27. The molecule has 17 heavy (non-hydrogen) atoms. The fraction of sp³-hybridized carbons (Fsp3) is 0.500. The zero-order valence-electron chi connectivity index (χ0n) is 9.59. The Kier molecular flexibility index (Phi) is 3.49. The average Bonchev–Trinajstić information content (AvgIpc) is 2.29. The summed E-state index contributed by atoms with van der Waals surface area (Å²) in [4.78, 5) is 21.6. The van der Waals surface area contributed by atoms with Gasteiger partial charge in [-0.2, -0.15) is 11.8 Å². The molecule has 0 saturated carbocycles. The first-order valence-electron chi connectivity index (χ1n) is 5.30. The Bertz CT molecular complexity index is 439. The number of thioether (sulfide) groups is 1. The van der Waals surface area contributed by atoms with Gasteiger partial charge in [0, 0.05) is 24.2 Å². The van der Waals surface area contributed by atoms with Gasteiger partial charge in [0.1, 0.15) is 11.6 Å². The fourth-order valence-corrected chi connectivity index (χ4v) is 2.93. The van der Waals surface area contributed by atoms with Crippen LogP contribution in [0.3, 0.4) is 0 Å². The number of carbonyl (C=O) groups is 1. The summed E-state index contributed by atoms with van der Waals surface area (Å²) in [5.41, 5.74) is 11.0. The molecule has 1 fully saturated rings. The van der Waals surface area contributed by atoms with Crippen LogP contribution < -0.4 is 11.5 Å². The first-order valence-corrected chi connectivity index (χ1v) is 6.45. The molecule has 1 aromatic heterocycles. The standard InChI is InChI=1S/C10H15N5OS/c1-15-2-3-17-5-7(15)10-13-4-6(9(12)16)8(11)14-10/h4,7H,2-3,5H2,1H3,(H2,12,16)(H2,11,13,14). The molecule has 0 spiro atoms. The number of hydrogen-bond donors (Lipinski definition) is 2. The zero-order chi connectivity index (χ0) is 12.4. The second kappa shape index (κ2) is 4.89. The molecule has 1 unspecified atom stereocenters. The van der Waals surface area contributed by atoms with Gasteiger partial charge in [0.25, 0.3) is 5.91 Å². The third-order valence-corrected chi connectivity index (χ3v) is 3.82. The number of carbonyl (C=O) groups excluding carboxylic acids is 1. The normalized spacial score (nSPS) is 21.4. The van der Waals surface area contributed by atoms with E-state index in [1.807, 2.05) is 18.8 Å². The Labute approximate surface area is 104 Å². The summed E-state index contributed by atoms with van der Waals surface area (Å²) in [5, 5.41) is 0. The van der Waals surface area contributed by atoms with Crippen LogP contribution in [0.4, 0.5) is 5.82 Å². The minimum absolute atomic E-state index is 0.151. The maximum Gasteiger partial charge on any atom is 0.254 e. The van der Waals surface area contributed by atoms with E-state index < -0.39 is 5.91 Å². The number of primary amides is 1. The predicted molar refractivity (Wildman–Crippen MR) is 67.7 cm³/mol.